The fourth-order valence-electron chi connectivity index (χ4n) is 2.75. The summed E-state index contributed by atoms with van der Waals surface area (Å²) in [4.78, 5) is 27.0. The van der Waals surface area contributed by atoms with Gasteiger partial charge in [0, 0.05) is 46.1 Å². The van der Waals surface area contributed by atoms with Crippen LogP contribution in [-0.4, -0.2) is 60.5 Å². The van der Waals surface area contributed by atoms with E-state index >= 15 is 0 Å². The third-order valence-electron chi connectivity index (χ3n) is 4.03. The van der Waals surface area contributed by atoms with Crippen molar-refractivity contribution in [3.05, 3.63) is 0 Å². The van der Waals surface area contributed by atoms with Gasteiger partial charge in [-0.3, -0.25) is 9.59 Å². The second-order valence-electron chi connectivity index (χ2n) is 5.41. The van der Waals surface area contributed by atoms with E-state index in [4.69, 9.17) is 4.74 Å². The molecule has 19 heavy (non-hydrogen) atoms. The molecule has 0 aromatic carbocycles. The second kappa shape index (κ2) is 6.89. The van der Waals surface area contributed by atoms with Crippen LogP contribution in [0.3, 0.4) is 0 Å². The van der Waals surface area contributed by atoms with Crippen LogP contribution in [0.1, 0.15) is 39.0 Å². The molecule has 0 N–H and O–H groups in total. The van der Waals surface area contributed by atoms with Crippen LogP contribution in [-0.2, 0) is 14.3 Å². The molecule has 0 radical (unpaired) electrons. The lowest BCUT2D eigenvalue weighted by molar-refractivity contribution is -0.139. The number of carbonyl (C=O) groups excluding carboxylic acids is 2. The minimum atomic E-state index is 0.0997. The number of ether oxygens (including phenoxy) is 1. The number of piperazine rings is 1. The summed E-state index contributed by atoms with van der Waals surface area (Å²) in [7, 11) is 0. The summed E-state index contributed by atoms with van der Waals surface area (Å²) in [6, 6.07) is 0. The first kappa shape index (κ1) is 14.3. The summed E-state index contributed by atoms with van der Waals surface area (Å²) in [5.74, 6) is 0.306. The van der Waals surface area contributed by atoms with Gasteiger partial charge in [0.1, 0.15) is 0 Å². The quantitative estimate of drug-likeness (QED) is 0.768. The molecule has 2 fully saturated rings. The lowest BCUT2D eigenvalue weighted by Crippen LogP contribution is -2.50. The number of rotatable bonds is 3. The summed E-state index contributed by atoms with van der Waals surface area (Å²) < 4.78 is 5.64. The highest BCUT2D eigenvalue weighted by Crippen LogP contribution is 2.17. The van der Waals surface area contributed by atoms with Crippen molar-refractivity contribution in [3.8, 4) is 0 Å². The third kappa shape index (κ3) is 4.20. The number of nitrogens with zero attached hydrogens (tertiary/aromatic N) is 2. The van der Waals surface area contributed by atoms with E-state index in [0.29, 0.717) is 32.6 Å². The lowest BCUT2D eigenvalue weighted by Gasteiger charge is -2.34. The maximum Gasteiger partial charge on any atom is 0.222 e. The summed E-state index contributed by atoms with van der Waals surface area (Å²) in [5.41, 5.74) is 0. The molecule has 5 nitrogen and oxygen atoms in total. The maximum absolute atomic E-state index is 12.1. The van der Waals surface area contributed by atoms with E-state index in [0.717, 1.165) is 25.9 Å². The van der Waals surface area contributed by atoms with Gasteiger partial charge in [-0.05, 0) is 25.7 Å². The normalized spacial score (nSPS) is 24.4. The van der Waals surface area contributed by atoms with Gasteiger partial charge in [0.05, 0.1) is 6.10 Å². The Balaban J connectivity index is 1.67. The fourth-order valence-corrected chi connectivity index (χ4v) is 2.75. The van der Waals surface area contributed by atoms with E-state index in [1.54, 1.807) is 11.8 Å². The first-order valence-corrected chi connectivity index (χ1v) is 7.31. The van der Waals surface area contributed by atoms with Gasteiger partial charge in [-0.25, -0.2) is 0 Å². The summed E-state index contributed by atoms with van der Waals surface area (Å²) >= 11 is 0. The molecule has 2 aliphatic heterocycles. The number of amides is 2. The Bertz CT molecular complexity index is 319. The first-order chi connectivity index (χ1) is 9.16. The summed E-state index contributed by atoms with van der Waals surface area (Å²) in [5, 5.41) is 0. The van der Waals surface area contributed by atoms with E-state index < -0.39 is 0 Å². The van der Waals surface area contributed by atoms with Crippen LogP contribution in [0.5, 0.6) is 0 Å². The van der Waals surface area contributed by atoms with Crippen molar-refractivity contribution in [2.75, 3.05) is 32.8 Å². The van der Waals surface area contributed by atoms with Crippen molar-refractivity contribution >= 4 is 11.8 Å². The van der Waals surface area contributed by atoms with Crippen molar-refractivity contribution in [3.63, 3.8) is 0 Å². The van der Waals surface area contributed by atoms with Crippen molar-refractivity contribution < 1.29 is 14.3 Å². The Hall–Kier alpha value is -1.10. The predicted molar refractivity (Wildman–Crippen MR) is 71.7 cm³/mol. The third-order valence-corrected chi connectivity index (χ3v) is 4.03. The van der Waals surface area contributed by atoms with Gasteiger partial charge >= 0.3 is 0 Å². The highest BCUT2D eigenvalue weighted by molar-refractivity contribution is 5.77. The maximum atomic E-state index is 12.1. The van der Waals surface area contributed by atoms with E-state index in [1.165, 1.54) is 6.42 Å². The molecule has 5 heteroatoms. The number of hydrogen-bond donors (Lipinski definition) is 0. The second-order valence-corrected chi connectivity index (χ2v) is 5.41. The lowest BCUT2D eigenvalue weighted by atomic mass is 10.0. The van der Waals surface area contributed by atoms with Crippen LogP contribution in [0.2, 0.25) is 0 Å². The minimum absolute atomic E-state index is 0.0997. The summed E-state index contributed by atoms with van der Waals surface area (Å²) in [6.45, 7) is 5.10. The zero-order valence-electron chi connectivity index (χ0n) is 11.8. The number of carbonyl (C=O) groups is 2. The van der Waals surface area contributed by atoms with Gasteiger partial charge in [0.15, 0.2) is 0 Å². The van der Waals surface area contributed by atoms with Gasteiger partial charge < -0.3 is 14.5 Å². The summed E-state index contributed by atoms with van der Waals surface area (Å²) in [6.07, 6.45) is 5.14. The SMILES string of the molecule is CC(=O)N1CCN(C(=O)CCC2CCCCO2)CC1. The fraction of sp³-hybridized carbons (Fsp3) is 0.857. The Kier molecular flexibility index (Phi) is 5.19. The molecule has 0 saturated carbocycles. The average molecular weight is 268 g/mol. The zero-order chi connectivity index (χ0) is 13.7. The molecular weight excluding hydrogens is 244 g/mol. The molecule has 0 bridgehead atoms. The van der Waals surface area contributed by atoms with Crippen LogP contribution in [0, 0.1) is 0 Å². The Morgan fingerprint density at radius 2 is 1.79 bits per heavy atom. The Labute approximate surface area is 114 Å². The largest absolute Gasteiger partial charge is 0.378 e. The van der Waals surface area contributed by atoms with Gasteiger partial charge in [-0.1, -0.05) is 0 Å². The Morgan fingerprint density at radius 1 is 1.11 bits per heavy atom. The molecule has 2 heterocycles. The molecule has 108 valence electrons. The monoisotopic (exact) mass is 268 g/mol. The van der Waals surface area contributed by atoms with Crippen molar-refractivity contribution in [2.45, 2.75) is 45.1 Å². The minimum Gasteiger partial charge on any atom is -0.378 e. The molecule has 2 saturated heterocycles. The zero-order valence-corrected chi connectivity index (χ0v) is 11.8. The molecule has 0 spiro atoms. The molecule has 2 rings (SSSR count). The highest BCUT2D eigenvalue weighted by atomic mass is 16.5. The highest BCUT2D eigenvalue weighted by Gasteiger charge is 2.23. The average Bonchev–Trinajstić information content (AvgIpc) is 2.46. The molecule has 1 unspecified atom stereocenters. The van der Waals surface area contributed by atoms with E-state index in [9.17, 15) is 9.59 Å². The van der Waals surface area contributed by atoms with Crippen LogP contribution in [0.15, 0.2) is 0 Å². The van der Waals surface area contributed by atoms with Crippen molar-refractivity contribution in [2.24, 2.45) is 0 Å². The Morgan fingerprint density at radius 3 is 2.37 bits per heavy atom. The van der Waals surface area contributed by atoms with Crippen LogP contribution in [0.4, 0.5) is 0 Å². The molecule has 2 amide bonds. The van der Waals surface area contributed by atoms with E-state index in [2.05, 4.69) is 0 Å². The first-order valence-electron chi connectivity index (χ1n) is 7.31. The van der Waals surface area contributed by atoms with Gasteiger partial charge in [0.2, 0.25) is 11.8 Å². The van der Waals surface area contributed by atoms with Gasteiger partial charge in [-0.15, -0.1) is 0 Å². The topological polar surface area (TPSA) is 49.9 Å². The predicted octanol–water partition coefficient (Wildman–Crippen LogP) is 1.03. The standard InChI is InChI=1S/C14H24N2O3/c1-12(17)15-7-9-16(10-8-15)14(18)6-5-13-4-2-3-11-19-13/h13H,2-11H2,1H3. The molecule has 1 atom stereocenters. The number of hydrogen-bond acceptors (Lipinski definition) is 3. The molecule has 0 aromatic rings. The van der Waals surface area contributed by atoms with Crippen molar-refractivity contribution in [1.29, 1.82) is 0 Å². The molecule has 0 aliphatic carbocycles. The molecule has 2 aliphatic rings. The van der Waals surface area contributed by atoms with Gasteiger partial charge in [0.25, 0.3) is 0 Å². The van der Waals surface area contributed by atoms with Crippen LogP contribution >= 0.6 is 0 Å². The van der Waals surface area contributed by atoms with Crippen molar-refractivity contribution in [1.82, 2.24) is 9.80 Å². The van der Waals surface area contributed by atoms with Crippen LogP contribution < -0.4 is 0 Å². The molecular formula is C14H24N2O3. The van der Waals surface area contributed by atoms with E-state index in [1.807, 2.05) is 4.90 Å². The molecule has 0 aromatic heterocycles. The van der Waals surface area contributed by atoms with Crippen LogP contribution in [0.25, 0.3) is 0 Å². The van der Waals surface area contributed by atoms with Gasteiger partial charge in [-0.2, -0.15) is 0 Å². The smallest absolute Gasteiger partial charge is 0.222 e. The van der Waals surface area contributed by atoms with E-state index in [-0.39, 0.29) is 17.9 Å².